The van der Waals surface area contributed by atoms with Crippen LogP contribution >= 0.6 is 0 Å². The van der Waals surface area contributed by atoms with E-state index in [2.05, 4.69) is 10.6 Å². The van der Waals surface area contributed by atoms with E-state index in [9.17, 15) is 9.18 Å². The highest BCUT2D eigenvalue weighted by Crippen LogP contribution is 2.17. The predicted octanol–water partition coefficient (Wildman–Crippen LogP) is 2.60. The number of halogens is 1. The van der Waals surface area contributed by atoms with E-state index >= 15 is 0 Å². The maximum absolute atomic E-state index is 13.1. The summed E-state index contributed by atoms with van der Waals surface area (Å²) in [6, 6.07) is 4.28. The molecule has 1 aliphatic rings. The molecule has 98 valence electrons. The first kappa shape index (κ1) is 13.0. The number of amides is 1. The highest BCUT2D eigenvalue weighted by Gasteiger charge is 2.19. The monoisotopic (exact) mass is 250 g/mol. The molecule has 0 spiro atoms. The summed E-state index contributed by atoms with van der Waals surface area (Å²) in [5.41, 5.74) is 1.43. The predicted molar refractivity (Wildman–Crippen MR) is 70.0 cm³/mol. The molecule has 1 aromatic rings. The Hall–Kier alpha value is -1.42. The fraction of sp³-hybridized carbons (Fsp3) is 0.500. The molecule has 1 heterocycles. The number of aryl methyl sites for hydroxylation is 1. The van der Waals surface area contributed by atoms with Crippen molar-refractivity contribution >= 4 is 11.6 Å². The second-order valence-electron chi connectivity index (χ2n) is 4.80. The van der Waals surface area contributed by atoms with Crippen LogP contribution in [-0.2, 0) is 4.79 Å². The Kier molecular flexibility index (Phi) is 4.31. The van der Waals surface area contributed by atoms with Crippen molar-refractivity contribution in [3.63, 3.8) is 0 Å². The topological polar surface area (TPSA) is 41.1 Å². The molecular formula is C14H19FN2O. The fourth-order valence-electron chi connectivity index (χ4n) is 2.20. The summed E-state index contributed by atoms with van der Waals surface area (Å²) in [7, 11) is 0. The molecular weight excluding hydrogens is 231 g/mol. The quantitative estimate of drug-likeness (QED) is 0.847. The van der Waals surface area contributed by atoms with Crippen LogP contribution in [0.5, 0.6) is 0 Å². The molecule has 0 radical (unpaired) electrons. The number of hydrogen-bond donors (Lipinski definition) is 2. The molecule has 2 rings (SSSR count). The van der Waals surface area contributed by atoms with Gasteiger partial charge >= 0.3 is 0 Å². The first-order valence-electron chi connectivity index (χ1n) is 6.47. The van der Waals surface area contributed by atoms with Gasteiger partial charge in [-0.2, -0.15) is 0 Å². The minimum absolute atomic E-state index is 0.0643. The van der Waals surface area contributed by atoms with Gasteiger partial charge in [0.1, 0.15) is 5.82 Å². The maximum atomic E-state index is 13.1. The third-order valence-electron chi connectivity index (χ3n) is 3.33. The SMILES string of the molecule is Cc1ccc(F)cc1NC(=O)C1CCCCCN1. The van der Waals surface area contributed by atoms with Crippen LogP contribution in [0.3, 0.4) is 0 Å². The molecule has 3 nitrogen and oxygen atoms in total. The van der Waals surface area contributed by atoms with Gasteiger partial charge in [-0.05, 0) is 44.0 Å². The molecule has 1 unspecified atom stereocenters. The largest absolute Gasteiger partial charge is 0.324 e. The fourth-order valence-corrected chi connectivity index (χ4v) is 2.20. The van der Waals surface area contributed by atoms with Crippen LogP contribution in [0, 0.1) is 12.7 Å². The standard InChI is InChI=1S/C14H19FN2O/c1-10-6-7-11(15)9-13(10)17-14(18)12-5-3-2-4-8-16-12/h6-7,9,12,16H,2-5,8H2,1H3,(H,17,18). The van der Waals surface area contributed by atoms with E-state index in [1.807, 2.05) is 6.92 Å². The molecule has 0 aliphatic carbocycles. The summed E-state index contributed by atoms with van der Waals surface area (Å²) in [5, 5.41) is 6.04. The number of carbonyl (C=O) groups is 1. The van der Waals surface area contributed by atoms with Crippen molar-refractivity contribution in [2.45, 2.75) is 38.6 Å². The van der Waals surface area contributed by atoms with E-state index in [1.54, 1.807) is 6.07 Å². The summed E-state index contributed by atoms with van der Waals surface area (Å²) in [6.07, 6.45) is 4.19. The van der Waals surface area contributed by atoms with Crippen molar-refractivity contribution < 1.29 is 9.18 Å². The first-order chi connectivity index (χ1) is 8.66. The van der Waals surface area contributed by atoms with Crippen molar-refractivity contribution in [2.24, 2.45) is 0 Å². The summed E-state index contributed by atoms with van der Waals surface area (Å²) < 4.78 is 13.1. The number of hydrogen-bond acceptors (Lipinski definition) is 2. The Morgan fingerprint density at radius 1 is 1.39 bits per heavy atom. The number of nitrogens with one attached hydrogen (secondary N) is 2. The highest BCUT2D eigenvalue weighted by atomic mass is 19.1. The van der Waals surface area contributed by atoms with E-state index in [0.717, 1.165) is 37.8 Å². The molecule has 1 aromatic carbocycles. The molecule has 1 fully saturated rings. The van der Waals surface area contributed by atoms with Gasteiger partial charge in [-0.1, -0.05) is 18.9 Å². The average Bonchev–Trinajstić information content (AvgIpc) is 2.62. The minimum Gasteiger partial charge on any atom is -0.324 e. The Morgan fingerprint density at radius 2 is 2.22 bits per heavy atom. The second kappa shape index (κ2) is 5.96. The van der Waals surface area contributed by atoms with Gasteiger partial charge in [0.25, 0.3) is 0 Å². The van der Waals surface area contributed by atoms with Gasteiger partial charge in [0.05, 0.1) is 6.04 Å². The van der Waals surface area contributed by atoms with Crippen molar-refractivity contribution in [1.82, 2.24) is 5.32 Å². The summed E-state index contributed by atoms with van der Waals surface area (Å²) in [6.45, 7) is 2.73. The van der Waals surface area contributed by atoms with Crippen LogP contribution in [-0.4, -0.2) is 18.5 Å². The number of anilines is 1. The van der Waals surface area contributed by atoms with Crippen LogP contribution in [0.15, 0.2) is 18.2 Å². The molecule has 4 heteroatoms. The van der Waals surface area contributed by atoms with Crippen molar-refractivity contribution in [1.29, 1.82) is 0 Å². The van der Waals surface area contributed by atoms with E-state index in [1.165, 1.54) is 12.1 Å². The number of rotatable bonds is 2. The van der Waals surface area contributed by atoms with Crippen LogP contribution in [0.25, 0.3) is 0 Å². The third-order valence-corrected chi connectivity index (χ3v) is 3.33. The van der Waals surface area contributed by atoms with Crippen LogP contribution in [0.4, 0.5) is 10.1 Å². The lowest BCUT2D eigenvalue weighted by molar-refractivity contribution is -0.118. The van der Waals surface area contributed by atoms with Crippen LogP contribution in [0.1, 0.15) is 31.2 Å². The molecule has 1 aliphatic heterocycles. The van der Waals surface area contributed by atoms with E-state index in [-0.39, 0.29) is 17.8 Å². The van der Waals surface area contributed by atoms with Gasteiger partial charge in [-0.15, -0.1) is 0 Å². The maximum Gasteiger partial charge on any atom is 0.241 e. The zero-order chi connectivity index (χ0) is 13.0. The minimum atomic E-state index is -0.329. The van der Waals surface area contributed by atoms with Gasteiger partial charge in [-0.3, -0.25) is 4.79 Å². The zero-order valence-corrected chi connectivity index (χ0v) is 10.6. The Labute approximate surface area is 107 Å². The third kappa shape index (κ3) is 3.29. The second-order valence-corrected chi connectivity index (χ2v) is 4.80. The molecule has 1 saturated heterocycles. The first-order valence-corrected chi connectivity index (χ1v) is 6.47. The zero-order valence-electron chi connectivity index (χ0n) is 10.6. The lowest BCUT2D eigenvalue weighted by Crippen LogP contribution is -2.40. The Bertz CT molecular complexity index is 426. The van der Waals surface area contributed by atoms with Gasteiger partial charge in [0.2, 0.25) is 5.91 Å². The molecule has 1 atom stereocenters. The molecule has 18 heavy (non-hydrogen) atoms. The average molecular weight is 250 g/mol. The van der Waals surface area contributed by atoms with Gasteiger partial charge in [0, 0.05) is 5.69 Å². The lowest BCUT2D eigenvalue weighted by Gasteiger charge is -2.16. The molecule has 2 N–H and O–H groups in total. The number of carbonyl (C=O) groups excluding carboxylic acids is 1. The molecule has 0 aromatic heterocycles. The normalized spacial score (nSPS) is 20.2. The van der Waals surface area contributed by atoms with Crippen molar-refractivity contribution in [3.8, 4) is 0 Å². The molecule has 1 amide bonds. The van der Waals surface area contributed by atoms with Crippen LogP contribution in [0.2, 0.25) is 0 Å². The van der Waals surface area contributed by atoms with Gasteiger partial charge in [0.15, 0.2) is 0 Å². The number of benzene rings is 1. The Morgan fingerprint density at radius 3 is 3.06 bits per heavy atom. The van der Waals surface area contributed by atoms with Crippen molar-refractivity contribution in [2.75, 3.05) is 11.9 Å². The lowest BCUT2D eigenvalue weighted by atomic mass is 10.1. The van der Waals surface area contributed by atoms with E-state index in [0.29, 0.717) is 5.69 Å². The summed E-state index contributed by atoms with van der Waals surface area (Å²) in [5.74, 6) is -0.393. The van der Waals surface area contributed by atoms with E-state index < -0.39 is 0 Å². The van der Waals surface area contributed by atoms with E-state index in [4.69, 9.17) is 0 Å². The van der Waals surface area contributed by atoms with Crippen molar-refractivity contribution in [3.05, 3.63) is 29.6 Å². The molecule has 0 bridgehead atoms. The van der Waals surface area contributed by atoms with Gasteiger partial charge in [-0.25, -0.2) is 4.39 Å². The smallest absolute Gasteiger partial charge is 0.241 e. The summed E-state index contributed by atoms with van der Waals surface area (Å²) >= 11 is 0. The highest BCUT2D eigenvalue weighted by molar-refractivity contribution is 5.95. The van der Waals surface area contributed by atoms with Gasteiger partial charge < -0.3 is 10.6 Å². The summed E-state index contributed by atoms with van der Waals surface area (Å²) in [4.78, 5) is 12.1. The Balaban J connectivity index is 2.03. The molecule has 0 saturated carbocycles. The van der Waals surface area contributed by atoms with Crippen LogP contribution < -0.4 is 10.6 Å².